The lowest BCUT2D eigenvalue weighted by Gasteiger charge is -2.20. The highest BCUT2D eigenvalue weighted by Gasteiger charge is 2.14. The van der Waals surface area contributed by atoms with Crippen LogP contribution in [0.4, 0.5) is 0 Å². The Labute approximate surface area is 82.4 Å². The molecule has 6 heteroatoms. The molecule has 0 aromatic carbocycles. The first kappa shape index (κ1) is 12.6. The van der Waals surface area contributed by atoms with Gasteiger partial charge < -0.3 is 20.7 Å². The van der Waals surface area contributed by atoms with Gasteiger partial charge in [0.15, 0.2) is 0 Å². The first-order valence-electron chi connectivity index (χ1n) is 4.20. The number of nitrogens with one attached hydrogen (secondary N) is 1. The molecular formula is C8H15N3O3. The smallest absolute Gasteiger partial charge is 0.242 e. The van der Waals surface area contributed by atoms with Gasteiger partial charge in [-0.1, -0.05) is 0 Å². The second-order valence-electron chi connectivity index (χ2n) is 2.86. The standard InChI is InChI=1S/C8H15N3O3/c1-6(5-12)11(2)8(14)4-10-7(13)3-9/h5-6H,3-4,9H2,1-2H3,(H,10,13)/t6-/m0/s1. The van der Waals surface area contributed by atoms with Gasteiger partial charge in [-0.25, -0.2) is 0 Å². The van der Waals surface area contributed by atoms with Gasteiger partial charge in [-0.05, 0) is 6.92 Å². The van der Waals surface area contributed by atoms with Crippen LogP contribution in [0.2, 0.25) is 0 Å². The highest BCUT2D eigenvalue weighted by Crippen LogP contribution is 1.91. The monoisotopic (exact) mass is 201 g/mol. The summed E-state index contributed by atoms with van der Waals surface area (Å²) in [6, 6.07) is -0.489. The van der Waals surface area contributed by atoms with Gasteiger partial charge in [0, 0.05) is 7.05 Å². The number of amides is 2. The lowest BCUT2D eigenvalue weighted by atomic mass is 10.3. The maximum absolute atomic E-state index is 11.3. The number of hydrogen-bond donors (Lipinski definition) is 2. The first-order chi connectivity index (χ1) is 6.52. The summed E-state index contributed by atoms with van der Waals surface area (Å²) >= 11 is 0. The zero-order valence-corrected chi connectivity index (χ0v) is 8.32. The van der Waals surface area contributed by atoms with E-state index < -0.39 is 11.9 Å². The van der Waals surface area contributed by atoms with Crippen LogP contribution < -0.4 is 11.1 Å². The molecule has 0 aliphatic rings. The minimum atomic E-state index is -0.489. The van der Waals surface area contributed by atoms with Gasteiger partial charge in [-0.2, -0.15) is 0 Å². The number of likely N-dealkylation sites (N-methyl/N-ethyl adjacent to an activating group) is 1. The number of hydrogen-bond acceptors (Lipinski definition) is 4. The molecule has 0 saturated heterocycles. The van der Waals surface area contributed by atoms with E-state index in [9.17, 15) is 14.4 Å². The fourth-order valence-corrected chi connectivity index (χ4v) is 0.689. The third-order valence-corrected chi connectivity index (χ3v) is 1.82. The van der Waals surface area contributed by atoms with Crippen molar-refractivity contribution in [3.8, 4) is 0 Å². The minimum Gasteiger partial charge on any atom is -0.346 e. The third-order valence-electron chi connectivity index (χ3n) is 1.82. The lowest BCUT2D eigenvalue weighted by molar-refractivity contribution is -0.134. The van der Waals surface area contributed by atoms with Crippen LogP contribution in [0.25, 0.3) is 0 Å². The molecule has 6 nitrogen and oxygen atoms in total. The number of carbonyl (C=O) groups excluding carboxylic acids is 3. The molecule has 80 valence electrons. The molecule has 0 fully saturated rings. The summed E-state index contributed by atoms with van der Waals surface area (Å²) < 4.78 is 0. The zero-order valence-electron chi connectivity index (χ0n) is 8.32. The van der Waals surface area contributed by atoms with E-state index in [1.807, 2.05) is 0 Å². The third kappa shape index (κ3) is 3.99. The van der Waals surface area contributed by atoms with E-state index >= 15 is 0 Å². The van der Waals surface area contributed by atoms with Crippen molar-refractivity contribution >= 4 is 18.1 Å². The molecule has 3 N–H and O–H groups in total. The number of rotatable bonds is 5. The van der Waals surface area contributed by atoms with Crippen molar-refractivity contribution in [2.45, 2.75) is 13.0 Å². The second-order valence-corrected chi connectivity index (χ2v) is 2.86. The largest absolute Gasteiger partial charge is 0.346 e. The minimum absolute atomic E-state index is 0.134. The van der Waals surface area contributed by atoms with E-state index in [1.165, 1.54) is 11.9 Å². The van der Waals surface area contributed by atoms with E-state index in [1.54, 1.807) is 6.92 Å². The predicted octanol–water partition coefficient (Wildman–Crippen LogP) is -1.89. The van der Waals surface area contributed by atoms with Gasteiger partial charge in [0.1, 0.15) is 6.29 Å². The van der Waals surface area contributed by atoms with E-state index in [0.29, 0.717) is 6.29 Å². The maximum Gasteiger partial charge on any atom is 0.242 e. The Morgan fingerprint density at radius 3 is 2.57 bits per heavy atom. The first-order valence-corrected chi connectivity index (χ1v) is 4.20. The number of aldehydes is 1. The van der Waals surface area contributed by atoms with Crippen LogP contribution in [-0.4, -0.2) is 49.2 Å². The molecule has 0 unspecified atom stereocenters. The molecule has 0 aromatic heterocycles. The van der Waals surface area contributed by atoms with E-state index in [2.05, 4.69) is 5.32 Å². The fraction of sp³-hybridized carbons (Fsp3) is 0.625. The SMILES string of the molecule is C[C@@H](C=O)N(C)C(=O)CNC(=O)CN. The average molecular weight is 201 g/mol. The second kappa shape index (κ2) is 6.09. The topological polar surface area (TPSA) is 92.5 Å². The quantitative estimate of drug-likeness (QED) is 0.508. The number of nitrogens with zero attached hydrogens (tertiary/aromatic N) is 1. The summed E-state index contributed by atoms with van der Waals surface area (Å²) in [6.45, 7) is 1.31. The van der Waals surface area contributed by atoms with Crippen molar-refractivity contribution in [1.29, 1.82) is 0 Å². The van der Waals surface area contributed by atoms with Crippen LogP contribution in [0.15, 0.2) is 0 Å². The summed E-state index contributed by atoms with van der Waals surface area (Å²) in [7, 11) is 1.50. The van der Waals surface area contributed by atoms with Crippen LogP contribution in [0.3, 0.4) is 0 Å². The molecule has 0 bridgehead atoms. The Kier molecular flexibility index (Phi) is 5.47. The van der Waals surface area contributed by atoms with Gasteiger partial charge in [0.25, 0.3) is 0 Å². The highest BCUT2D eigenvalue weighted by molar-refractivity contribution is 5.86. The molecule has 0 radical (unpaired) electrons. The number of carbonyl (C=O) groups is 3. The Balaban J connectivity index is 3.96. The molecule has 14 heavy (non-hydrogen) atoms. The van der Waals surface area contributed by atoms with E-state index in [4.69, 9.17) is 5.73 Å². The molecule has 0 saturated carbocycles. The average Bonchev–Trinajstić information content (AvgIpc) is 2.22. The van der Waals surface area contributed by atoms with Gasteiger partial charge in [0.2, 0.25) is 11.8 Å². The van der Waals surface area contributed by atoms with Crippen molar-refractivity contribution in [1.82, 2.24) is 10.2 Å². The van der Waals surface area contributed by atoms with Crippen molar-refractivity contribution in [3.05, 3.63) is 0 Å². The molecule has 1 atom stereocenters. The molecule has 0 spiro atoms. The van der Waals surface area contributed by atoms with Crippen molar-refractivity contribution in [2.75, 3.05) is 20.1 Å². The van der Waals surface area contributed by atoms with Gasteiger partial charge >= 0.3 is 0 Å². The summed E-state index contributed by atoms with van der Waals surface area (Å²) in [4.78, 5) is 33.6. The van der Waals surface area contributed by atoms with Crippen LogP contribution in [-0.2, 0) is 14.4 Å². The molecule has 0 heterocycles. The summed E-state index contributed by atoms with van der Waals surface area (Å²) in [5.41, 5.74) is 5.03. The predicted molar refractivity (Wildman–Crippen MR) is 50.4 cm³/mol. The van der Waals surface area contributed by atoms with Crippen LogP contribution in [0.5, 0.6) is 0 Å². The molecular weight excluding hydrogens is 186 g/mol. The van der Waals surface area contributed by atoms with Crippen LogP contribution in [0.1, 0.15) is 6.92 Å². The molecule has 0 aliphatic carbocycles. The number of nitrogens with two attached hydrogens (primary N) is 1. The molecule has 0 aromatic rings. The van der Waals surface area contributed by atoms with Gasteiger partial charge in [-0.3, -0.25) is 9.59 Å². The Morgan fingerprint density at radius 2 is 2.14 bits per heavy atom. The molecule has 0 rings (SSSR count). The van der Waals surface area contributed by atoms with Crippen LogP contribution in [0, 0.1) is 0 Å². The maximum atomic E-state index is 11.3. The fourth-order valence-electron chi connectivity index (χ4n) is 0.689. The molecule has 2 amide bonds. The Morgan fingerprint density at radius 1 is 1.57 bits per heavy atom. The van der Waals surface area contributed by atoms with E-state index in [0.717, 1.165) is 0 Å². The summed E-state index contributed by atoms with van der Waals surface area (Å²) in [6.07, 6.45) is 0.655. The Hall–Kier alpha value is -1.43. The highest BCUT2D eigenvalue weighted by atomic mass is 16.2. The van der Waals surface area contributed by atoms with Gasteiger partial charge in [-0.15, -0.1) is 0 Å². The van der Waals surface area contributed by atoms with Crippen molar-refractivity contribution < 1.29 is 14.4 Å². The summed E-state index contributed by atoms with van der Waals surface area (Å²) in [5.74, 6) is -0.725. The Bertz CT molecular complexity index is 230. The lowest BCUT2D eigenvalue weighted by Crippen LogP contribution is -2.44. The molecule has 0 aliphatic heterocycles. The normalized spacial score (nSPS) is 11.6. The zero-order chi connectivity index (χ0) is 11.1. The summed E-state index contributed by atoms with van der Waals surface area (Å²) in [5, 5.41) is 2.32. The van der Waals surface area contributed by atoms with E-state index in [-0.39, 0.29) is 19.0 Å². The van der Waals surface area contributed by atoms with Crippen LogP contribution >= 0.6 is 0 Å². The van der Waals surface area contributed by atoms with Gasteiger partial charge in [0.05, 0.1) is 19.1 Å². The van der Waals surface area contributed by atoms with Crippen molar-refractivity contribution in [3.63, 3.8) is 0 Å². The van der Waals surface area contributed by atoms with Crippen molar-refractivity contribution in [2.24, 2.45) is 5.73 Å².